The molecule has 3 rings (SSSR count). The number of pyridine rings is 1. The number of aliphatic hydroxyl groups is 1. The van der Waals surface area contributed by atoms with Crippen molar-refractivity contribution in [3.05, 3.63) is 53.7 Å². The van der Waals surface area contributed by atoms with Crippen LogP contribution in [0.3, 0.4) is 0 Å². The molecule has 0 saturated carbocycles. The highest BCUT2D eigenvalue weighted by atomic mass is 32.2. The SMILES string of the molecule is Cn1c(CO)cnc1SCc1cc(F)cc2cccnc12. The predicted octanol–water partition coefficient (Wildman–Crippen LogP) is 2.89. The zero-order chi connectivity index (χ0) is 14.8. The number of thioether (sulfide) groups is 1. The van der Waals surface area contributed by atoms with Gasteiger partial charge in [-0.05, 0) is 23.8 Å². The summed E-state index contributed by atoms with van der Waals surface area (Å²) >= 11 is 1.49. The maximum atomic E-state index is 13.7. The molecule has 0 saturated heterocycles. The zero-order valence-electron chi connectivity index (χ0n) is 11.5. The highest BCUT2D eigenvalue weighted by Gasteiger charge is 2.10. The second kappa shape index (κ2) is 5.83. The lowest BCUT2D eigenvalue weighted by atomic mass is 10.1. The number of hydrogen-bond donors (Lipinski definition) is 1. The van der Waals surface area contributed by atoms with Crippen molar-refractivity contribution in [3.8, 4) is 0 Å². The summed E-state index contributed by atoms with van der Waals surface area (Å²) < 4.78 is 15.5. The van der Waals surface area contributed by atoms with Crippen LogP contribution in [-0.2, 0) is 19.4 Å². The molecule has 3 aromatic rings. The molecule has 2 aromatic heterocycles. The van der Waals surface area contributed by atoms with Crippen LogP contribution in [0.5, 0.6) is 0 Å². The van der Waals surface area contributed by atoms with E-state index in [4.69, 9.17) is 5.11 Å². The second-order valence-corrected chi connectivity index (χ2v) is 5.62. The zero-order valence-corrected chi connectivity index (χ0v) is 12.3. The lowest BCUT2D eigenvalue weighted by molar-refractivity contribution is 0.271. The molecule has 1 N–H and O–H groups in total. The Bertz CT molecular complexity index is 788. The number of halogens is 1. The van der Waals surface area contributed by atoms with Crippen LogP contribution in [0.4, 0.5) is 4.39 Å². The third-order valence-corrected chi connectivity index (χ3v) is 4.40. The van der Waals surface area contributed by atoms with Crippen molar-refractivity contribution in [2.24, 2.45) is 7.05 Å². The van der Waals surface area contributed by atoms with Gasteiger partial charge >= 0.3 is 0 Å². The smallest absolute Gasteiger partial charge is 0.168 e. The van der Waals surface area contributed by atoms with Gasteiger partial charge in [-0.2, -0.15) is 0 Å². The fraction of sp³-hybridized carbons (Fsp3) is 0.200. The van der Waals surface area contributed by atoms with Crippen LogP contribution in [0.1, 0.15) is 11.3 Å². The molecule has 0 radical (unpaired) electrons. The summed E-state index contributed by atoms with van der Waals surface area (Å²) in [6.45, 7) is -0.0471. The van der Waals surface area contributed by atoms with Gasteiger partial charge in [0.05, 0.1) is 24.0 Å². The molecule has 0 aliphatic heterocycles. The van der Waals surface area contributed by atoms with Crippen LogP contribution in [0.2, 0.25) is 0 Å². The van der Waals surface area contributed by atoms with E-state index in [2.05, 4.69) is 9.97 Å². The Balaban J connectivity index is 1.89. The van der Waals surface area contributed by atoms with Crippen LogP contribution in [-0.4, -0.2) is 19.6 Å². The molecule has 6 heteroatoms. The van der Waals surface area contributed by atoms with Crippen molar-refractivity contribution in [1.29, 1.82) is 0 Å². The summed E-state index contributed by atoms with van der Waals surface area (Å²) in [5, 5.41) is 10.7. The minimum Gasteiger partial charge on any atom is -0.390 e. The Labute approximate surface area is 125 Å². The summed E-state index contributed by atoms with van der Waals surface area (Å²) in [5.41, 5.74) is 2.40. The van der Waals surface area contributed by atoms with Gasteiger partial charge in [0.1, 0.15) is 5.82 Å². The third kappa shape index (κ3) is 2.77. The topological polar surface area (TPSA) is 50.9 Å². The summed E-state index contributed by atoms with van der Waals surface area (Å²) in [6.07, 6.45) is 3.35. The van der Waals surface area contributed by atoms with E-state index in [-0.39, 0.29) is 12.4 Å². The van der Waals surface area contributed by atoms with E-state index in [1.807, 2.05) is 17.7 Å². The van der Waals surface area contributed by atoms with Crippen molar-refractivity contribution in [1.82, 2.24) is 14.5 Å². The highest BCUT2D eigenvalue weighted by Crippen LogP contribution is 2.26. The van der Waals surface area contributed by atoms with Gasteiger partial charge in [0, 0.05) is 24.4 Å². The van der Waals surface area contributed by atoms with E-state index in [0.717, 1.165) is 27.3 Å². The Morgan fingerprint density at radius 3 is 2.95 bits per heavy atom. The minimum absolute atomic E-state index is 0.0471. The normalized spacial score (nSPS) is 11.2. The fourth-order valence-corrected chi connectivity index (χ4v) is 3.13. The molecule has 4 nitrogen and oxygen atoms in total. The average Bonchev–Trinajstić information content (AvgIpc) is 2.85. The van der Waals surface area contributed by atoms with Crippen LogP contribution in [0, 0.1) is 5.82 Å². The molecule has 21 heavy (non-hydrogen) atoms. The van der Waals surface area contributed by atoms with Gasteiger partial charge in [-0.3, -0.25) is 4.98 Å². The van der Waals surface area contributed by atoms with Gasteiger partial charge in [0.15, 0.2) is 5.16 Å². The first-order valence-corrected chi connectivity index (χ1v) is 7.45. The summed E-state index contributed by atoms with van der Waals surface area (Å²) in [6, 6.07) is 6.65. The Hall–Kier alpha value is -1.92. The lowest BCUT2D eigenvalue weighted by Crippen LogP contribution is -1.98. The predicted molar refractivity (Wildman–Crippen MR) is 80.4 cm³/mol. The number of benzene rings is 1. The summed E-state index contributed by atoms with van der Waals surface area (Å²) in [7, 11) is 1.85. The minimum atomic E-state index is -0.262. The molecule has 0 aliphatic carbocycles. The first-order valence-electron chi connectivity index (χ1n) is 6.46. The van der Waals surface area contributed by atoms with E-state index < -0.39 is 0 Å². The third-order valence-electron chi connectivity index (χ3n) is 3.31. The Kier molecular flexibility index (Phi) is 3.90. The van der Waals surface area contributed by atoms with Crippen LogP contribution < -0.4 is 0 Å². The summed E-state index contributed by atoms with van der Waals surface area (Å²) in [5.74, 6) is 0.308. The van der Waals surface area contributed by atoms with Crippen LogP contribution >= 0.6 is 11.8 Å². The molecule has 0 fully saturated rings. The van der Waals surface area contributed by atoms with Gasteiger partial charge in [-0.1, -0.05) is 17.8 Å². The molecule has 2 heterocycles. The van der Waals surface area contributed by atoms with Gasteiger partial charge in [0.25, 0.3) is 0 Å². The number of rotatable bonds is 4. The number of imidazole rings is 1. The van der Waals surface area contributed by atoms with Gasteiger partial charge < -0.3 is 9.67 Å². The van der Waals surface area contributed by atoms with Crippen molar-refractivity contribution in [3.63, 3.8) is 0 Å². The lowest BCUT2D eigenvalue weighted by Gasteiger charge is -2.07. The maximum absolute atomic E-state index is 13.7. The van der Waals surface area contributed by atoms with E-state index in [9.17, 15) is 4.39 Å². The van der Waals surface area contributed by atoms with E-state index in [0.29, 0.717) is 5.75 Å². The fourth-order valence-electron chi connectivity index (χ4n) is 2.19. The second-order valence-electron chi connectivity index (χ2n) is 4.68. The number of nitrogens with zero attached hydrogens (tertiary/aromatic N) is 3. The van der Waals surface area contributed by atoms with E-state index in [1.165, 1.54) is 23.9 Å². The van der Waals surface area contributed by atoms with E-state index in [1.54, 1.807) is 18.5 Å². The van der Waals surface area contributed by atoms with Crippen molar-refractivity contribution in [2.45, 2.75) is 17.5 Å². The quantitative estimate of drug-likeness (QED) is 0.753. The van der Waals surface area contributed by atoms with Crippen molar-refractivity contribution >= 4 is 22.7 Å². The molecule has 0 aliphatic rings. The average molecular weight is 303 g/mol. The number of hydrogen-bond acceptors (Lipinski definition) is 4. The van der Waals surface area contributed by atoms with E-state index >= 15 is 0 Å². The molecule has 0 unspecified atom stereocenters. The first kappa shape index (κ1) is 14.0. The van der Waals surface area contributed by atoms with Crippen LogP contribution in [0.15, 0.2) is 41.8 Å². The van der Waals surface area contributed by atoms with Gasteiger partial charge in [-0.15, -0.1) is 0 Å². The highest BCUT2D eigenvalue weighted by molar-refractivity contribution is 7.98. The largest absolute Gasteiger partial charge is 0.390 e. The molecule has 0 spiro atoms. The molecule has 0 bridgehead atoms. The number of aliphatic hydroxyl groups excluding tert-OH is 1. The summed E-state index contributed by atoms with van der Waals surface area (Å²) in [4.78, 5) is 8.59. The van der Waals surface area contributed by atoms with Crippen LogP contribution in [0.25, 0.3) is 10.9 Å². The van der Waals surface area contributed by atoms with Crippen molar-refractivity contribution in [2.75, 3.05) is 0 Å². The Morgan fingerprint density at radius 2 is 2.19 bits per heavy atom. The molecular weight excluding hydrogens is 289 g/mol. The molecule has 0 atom stereocenters. The number of fused-ring (bicyclic) bond motifs is 1. The monoisotopic (exact) mass is 303 g/mol. The van der Waals surface area contributed by atoms with Crippen molar-refractivity contribution < 1.29 is 9.50 Å². The molecular formula is C15H14FN3OS. The standard InChI is InChI=1S/C15H14FN3OS/c1-19-13(8-20)7-18-15(19)21-9-11-6-12(16)5-10-3-2-4-17-14(10)11/h2-7,20H,8-9H2,1H3. The van der Waals surface area contributed by atoms with Gasteiger partial charge in [-0.25, -0.2) is 9.37 Å². The number of aromatic nitrogens is 3. The first-order chi connectivity index (χ1) is 10.2. The Morgan fingerprint density at radius 1 is 1.33 bits per heavy atom. The molecule has 0 amide bonds. The maximum Gasteiger partial charge on any atom is 0.168 e. The molecule has 1 aromatic carbocycles. The molecule has 108 valence electrons. The van der Waals surface area contributed by atoms with Gasteiger partial charge in [0.2, 0.25) is 0 Å².